The van der Waals surface area contributed by atoms with E-state index in [1.54, 1.807) is 25.3 Å². The molecule has 0 bridgehead atoms. The van der Waals surface area contributed by atoms with Crippen molar-refractivity contribution in [3.05, 3.63) is 46.9 Å². The molecule has 0 aliphatic heterocycles. The molecule has 0 heterocycles. The van der Waals surface area contributed by atoms with Crippen molar-refractivity contribution in [1.29, 1.82) is 5.26 Å². The minimum atomic E-state index is -0.309. The molecule has 0 spiro atoms. The molecule has 94 valence electrons. The normalized spacial score (nSPS) is 11.4. The van der Waals surface area contributed by atoms with Crippen LogP contribution in [0.15, 0.2) is 35.5 Å². The Morgan fingerprint density at radius 3 is 2.83 bits per heavy atom. The Kier molecular flexibility index (Phi) is 5.40. The lowest BCUT2D eigenvalue weighted by molar-refractivity contribution is -0.107. The molecule has 0 aliphatic rings. The van der Waals surface area contributed by atoms with E-state index in [1.807, 2.05) is 6.07 Å². The van der Waals surface area contributed by atoms with Gasteiger partial charge in [-0.15, -0.1) is 0 Å². The van der Waals surface area contributed by atoms with Crippen molar-refractivity contribution in [3.8, 4) is 6.07 Å². The number of halogens is 1. The number of nitrogens with zero attached hydrogens (tertiary/aromatic N) is 1. The number of hydrogen-bond donors (Lipinski definition) is 1. The molecule has 0 saturated heterocycles. The van der Waals surface area contributed by atoms with Gasteiger partial charge in [-0.05, 0) is 30.9 Å². The molecule has 3 nitrogen and oxygen atoms in total. The van der Waals surface area contributed by atoms with Crippen LogP contribution in [0, 0.1) is 17.1 Å². The fraction of sp³-hybridized carbons (Fsp3) is 0.231. The first-order chi connectivity index (χ1) is 8.58. The largest absolute Gasteiger partial charge is 0.383 e. The number of carbonyl (C=O) groups excluding carboxylic acids is 1. The number of nitrogens with one attached hydrogen (secondary N) is 1. The fourth-order valence-corrected chi connectivity index (χ4v) is 1.76. The Morgan fingerprint density at radius 2 is 2.28 bits per heavy atom. The summed E-state index contributed by atoms with van der Waals surface area (Å²) >= 11 is 0.991. The summed E-state index contributed by atoms with van der Waals surface area (Å²) in [5, 5.41) is 11.6. The Labute approximate surface area is 110 Å². The van der Waals surface area contributed by atoms with E-state index in [0.717, 1.165) is 17.3 Å². The van der Waals surface area contributed by atoms with Crippen molar-refractivity contribution in [3.63, 3.8) is 0 Å². The Balaban J connectivity index is 2.76. The third-order valence-corrected chi connectivity index (χ3v) is 2.90. The van der Waals surface area contributed by atoms with E-state index >= 15 is 0 Å². The zero-order valence-corrected chi connectivity index (χ0v) is 11.0. The van der Waals surface area contributed by atoms with Crippen LogP contribution < -0.4 is 5.32 Å². The minimum Gasteiger partial charge on any atom is -0.383 e. The van der Waals surface area contributed by atoms with Gasteiger partial charge in [0.25, 0.3) is 0 Å². The van der Waals surface area contributed by atoms with Gasteiger partial charge in [0.05, 0.1) is 0 Å². The van der Waals surface area contributed by atoms with Gasteiger partial charge in [-0.1, -0.05) is 23.9 Å². The lowest BCUT2D eigenvalue weighted by Gasteiger charge is -2.08. The lowest BCUT2D eigenvalue weighted by Crippen LogP contribution is -2.14. The first kappa shape index (κ1) is 14.3. The van der Waals surface area contributed by atoms with Crippen LogP contribution in [0.1, 0.15) is 12.5 Å². The van der Waals surface area contributed by atoms with Crippen molar-refractivity contribution in [2.45, 2.75) is 13.5 Å². The maximum absolute atomic E-state index is 12.9. The van der Waals surface area contributed by atoms with Crippen molar-refractivity contribution in [2.24, 2.45) is 0 Å². The molecule has 0 radical (unpaired) electrons. The highest BCUT2D eigenvalue weighted by Gasteiger charge is 2.11. The number of hydrogen-bond acceptors (Lipinski definition) is 4. The van der Waals surface area contributed by atoms with Crippen LogP contribution in [0.25, 0.3) is 0 Å². The second kappa shape index (κ2) is 6.82. The molecule has 0 atom stereocenters. The molecule has 0 unspecified atom stereocenters. The Hall–Kier alpha value is -1.80. The van der Waals surface area contributed by atoms with E-state index in [0.29, 0.717) is 12.2 Å². The maximum Gasteiger partial charge on any atom is 0.231 e. The van der Waals surface area contributed by atoms with Crippen LogP contribution >= 0.6 is 11.8 Å². The van der Waals surface area contributed by atoms with Crippen LogP contribution in [0.4, 0.5) is 4.39 Å². The zero-order chi connectivity index (χ0) is 13.5. The third-order valence-electron chi connectivity index (χ3n) is 2.32. The van der Waals surface area contributed by atoms with Gasteiger partial charge in [-0.3, -0.25) is 4.79 Å². The fourth-order valence-electron chi connectivity index (χ4n) is 1.35. The van der Waals surface area contributed by atoms with E-state index in [2.05, 4.69) is 5.32 Å². The summed E-state index contributed by atoms with van der Waals surface area (Å²) in [6.07, 6.45) is 1.62. The number of thioether (sulfide) groups is 1. The van der Waals surface area contributed by atoms with Crippen molar-refractivity contribution in [1.82, 2.24) is 5.32 Å². The predicted molar refractivity (Wildman–Crippen MR) is 70.1 cm³/mol. The Morgan fingerprint density at radius 1 is 1.56 bits per heavy atom. The summed E-state index contributed by atoms with van der Waals surface area (Å²) in [6, 6.07) is 8.03. The highest BCUT2D eigenvalue weighted by molar-refractivity contribution is 8.13. The molecule has 1 N–H and O–H groups in total. The summed E-state index contributed by atoms with van der Waals surface area (Å²) in [5.74, 6) is -0.309. The summed E-state index contributed by atoms with van der Waals surface area (Å²) in [4.78, 5) is 11.4. The third kappa shape index (κ3) is 3.90. The van der Waals surface area contributed by atoms with Gasteiger partial charge < -0.3 is 5.32 Å². The molecular formula is C13H13FN2OS. The molecule has 0 aromatic heterocycles. The predicted octanol–water partition coefficient (Wildman–Crippen LogP) is 2.60. The van der Waals surface area contributed by atoms with Gasteiger partial charge in [-0.2, -0.15) is 5.26 Å². The zero-order valence-electron chi connectivity index (χ0n) is 10.2. The Bertz CT molecular complexity index is 520. The van der Waals surface area contributed by atoms with Crippen molar-refractivity contribution in [2.75, 3.05) is 6.26 Å². The number of rotatable bonds is 4. The van der Waals surface area contributed by atoms with Crippen LogP contribution in [0.2, 0.25) is 0 Å². The second-order valence-corrected chi connectivity index (χ2v) is 4.37. The number of nitriles is 1. The first-order valence-electron chi connectivity index (χ1n) is 5.26. The van der Waals surface area contributed by atoms with Gasteiger partial charge in [0.15, 0.2) is 0 Å². The molecular weight excluding hydrogens is 251 g/mol. The van der Waals surface area contributed by atoms with Gasteiger partial charge >= 0.3 is 0 Å². The molecule has 0 saturated carbocycles. The summed E-state index contributed by atoms with van der Waals surface area (Å²) < 4.78 is 12.9. The lowest BCUT2D eigenvalue weighted by atomic mass is 10.2. The molecule has 5 heteroatoms. The average Bonchev–Trinajstić information content (AvgIpc) is 2.37. The molecule has 0 aliphatic carbocycles. The number of carbonyl (C=O) groups is 1. The highest BCUT2D eigenvalue weighted by atomic mass is 32.2. The topological polar surface area (TPSA) is 52.9 Å². The van der Waals surface area contributed by atoms with Crippen LogP contribution in [-0.2, 0) is 11.3 Å². The molecule has 0 fully saturated rings. The van der Waals surface area contributed by atoms with Crippen molar-refractivity contribution >= 4 is 16.9 Å². The van der Waals surface area contributed by atoms with Gasteiger partial charge in [0.1, 0.15) is 17.5 Å². The smallest absolute Gasteiger partial charge is 0.231 e. The van der Waals surface area contributed by atoms with E-state index in [4.69, 9.17) is 5.26 Å². The molecule has 18 heavy (non-hydrogen) atoms. The molecule has 1 aromatic rings. The summed E-state index contributed by atoms with van der Waals surface area (Å²) in [5.41, 5.74) is 1.35. The van der Waals surface area contributed by atoms with Crippen LogP contribution in [0.3, 0.4) is 0 Å². The van der Waals surface area contributed by atoms with E-state index in [-0.39, 0.29) is 16.5 Å². The van der Waals surface area contributed by atoms with E-state index < -0.39 is 0 Å². The van der Waals surface area contributed by atoms with Crippen molar-refractivity contribution < 1.29 is 9.18 Å². The van der Waals surface area contributed by atoms with E-state index in [9.17, 15) is 9.18 Å². The number of benzene rings is 1. The first-order valence-corrected chi connectivity index (χ1v) is 6.48. The average molecular weight is 264 g/mol. The molecule has 0 amide bonds. The van der Waals surface area contributed by atoms with Crippen LogP contribution in [0.5, 0.6) is 0 Å². The van der Waals surface area contributed by atoms with Gasteiger partial charge in [0.2, 0.25) is 5.12 Å². The minimum absolute atomic E-state index is 0.0962. The van der Waals surface area contributed by atoms with Crippen LogP contribution in [-0.4, -0.2) is 11.4 Å². The maximum atomic E-state index is 12.9. The quantitative estimate of drug-likeness (QED) is 0.671. The highest BCUT2D eigenvalue weighted by Crippen LogP contribution is 2.11. The molecule has 1 aromatic carbocycles. The van der Waals surface area contributed by atoms with Gasteiger partial charge in [0, 0.05) is 12.2 Å². The summed E-state index contributed by atoms with van der Waals surface area (Å²) in [6.45, 7) is 2.03. The SMILES string of the molecule is CSC(=O)/C(C#N)=C(/C)NCc1cccc(F)c1. The molecule has 1 rings (SSSR count). The monoisotopic (exact) mass is 264 g/mol. The second-order valence-electron chi connectivity index (χ2n) is 3.59. The standard InChI is InChI=1S/C13H13FN2OS/c1-9(12(7-15)13(17)18-2)16-8-10-4-3-5-11(14)6-10/h3-6,16H,8H2,1-2H3/b12-9-. The van der Waals surface area contributed by atoms with E-state index in [1.165, 1.54) is 12.1 Å². The summed E-state index contributed by atoms with van der Waals surface area (Å²) in [7, 11) is 0. The number of allylic oxidation sites excluding steroid dienone is 1. The van der Waals surface area contributed by atoms with Gasteiger partial charge in [-0.25, -0.2) is 4.39 Å².